The Balaban J connectivity index is 3.02. The van der Waals surface area contributed by atoms with Gasteiger partial charge in [-0.2, -0.15) is 0 Å². The fraction of sp³-hybridized carbons (Fsp3) is 0.818. The van der Waals surface area contributed by atoms with Crippen LogP contribution in [0.15, 0.2) is 0 Å². The van der Waals surface area contributed by atoms with Crippen molar-refractivity contribution in [1.29, 1.82) is 0 Å². The van der Waals surface area contributed by atoms with Crippen LogP contribution in [0.2, 0.25) is 13.3 Å². The summed E-state index contributed by atoms with van der Waals surface area (Å²) >= 11 is -2.73. The quantitative estimate of drug-likeness (QED) is 0.569. The standard InChI is InChI=1S/C5H7NO3.3C2H5.Sn/c1-9-3-2-4(7)6-5(3)8;3*1-2;/h3H,2H2,1H3,(H,6,7,8);3*1H2,2H3;/q;;;;+1/p-1. The van der Waals surface area contributed by atoms with Crippen molar-refractivity contribution in [3.63, 3.8) is 0 Å². The van der Waals surface area contributed by atoms with E-state index in [0.717, 1.165) is 13.3 Å². The Morgan fingerprint density at radius 1 is 1.25 bits per heavy atom. The van der Waals surface area contributed by atoms with Crippen molar-refractivity contribution in [1.82, 2.24) is 3.12 Å². The second kappa shape index (κ2) is 5.49. The number of imide groups is 1. The Hall–Kier alpha value is -0.101. The average molecular weight is 334 g/mol. The summed E-state index contributed by atoms with van der Waals surface area (Å²) in [5.41, 5.74) is 0. The number of methoxy groups -OCH3 is 1. The van der Waals surface area contributed by atoms with Gasteiger partial charge in [0.15, 0.2) is 0 Å². The zero-order valence-electron chi connectivity index (χ0n) is 10.6. The van der Waals surface area contributed by atoms with Crippen LogP contribution >= 0.6 is 0 Å². The summed E-state index contributed by atoms with van der Waals surface area (Å²) in [7, 11) is 1.50. The molecule has 0 spiro atoms. The second-order valence-corrected chi connectivity index (χ2v) is 18.6. The number of carbonyl (C=O) groups excluding carboxylic acids is 2. The summed E-state index contributed by atoms with van der Waals surface area (Å²) in [4.78, 5) is 24.1. The van der Waals surface area contributed by atoms with Gasteiger partial charge in [0.05, 0.1) is 0 Å². The third-order valence-corrected chi connectivity index (χ3v) is 19.2. The minimum atomic E-state index is -2.73. The van der Waals surface area contributed by atoms with Crippen molar-refractivity contribution in [2.75, 3.05) is 7.11 Å². The van der Waals surface area contributed by atoms with Crippen LogP contribution in [0.4, 0.5) is 0 Å². The summed E-state index contributed by atoms with van der Waals surface area (Å²) in [6, 6.07) is 0. The van der Waals surface area contributed by atoms with E-state index >= 15 is 0 Å². The predicted molar refractivity (Wildman–Crippen MR) is 64.5 cm³/mol. The molecule has 0 aromatic heterocycles. The van der Waals surface area contributed by atoms with E-state index in [0.29, 0.717) is 0 Å². The molecule has 1 heterocycles. The van der Waals surface area contributed by atoms with E-state index < -0.39 is 24.8 Å². The first kappa shape index (κ1) is 14.0. The molecule has 1 saturated heterocycles. The first-order valence-electron chi connectivity index (χ1n) is 5.96. The third kappa shape index (κ3) is 2.14. The van der Waals surface area contributed by atoms with Gasteiger partial charge in [-0.15, -0.1) is 0 Å². The van der Waals surface area contributed by atoms with Crippen molar-refractivity contribution in [3.8, 4) is 0 Å². The SMILES string of the molecule is C[CH2][Sn]([CH2]C)([CH2]C)[N]1C(=O)CC(OC)C1=O. The fourth-order valence-corrected chi connectivity index (χ4v) is 13.0. The van der Waals surface area contributed by atoms with E-state index in [9.17, 15) is 9.59 Å². The van der Waals surface area contributed by atoms with Crippen molar-refractivity contribution in [3.05, 3.63) is 0 Å². The molecule has 1 rings (SSSR count). The fourth-order valence-electron chi connectivity index (χ4n) is 2.51. The van der Waals surface area contributed by atoms with Crippen LogP contribution in [0, 0.1) is 0 Å². The molecule has 0 aromatic rings. The molecule has 0 saturated carbocycles. The van der Waals surface area contributed by atoms with Crippen molar-refractivity contribution < 1.29 is 14.3 Å². The maximum atomic E-state index is 12.1. The van der Waals surface area contributed by atoms with Gasteiger partial charge in [0.2, 0.25) is 0 Å². The van der Waals surface area contributed by atoms with Gasteiger partial charge in [0, 0.05) is 0 Å². The molecular weight excluding hydrogens is 313 g/mol. The summed E-state index contributed by atoms with van der Waals surface area (Å²) in [6.07, 6.45) is -0.276. The van der Waals surface area contributed by atoms with Crippen LogP contribution in [-0.4, -0.2) is 46.8 Å². The Bertz CT molecular complexity index is 281. The van der Waals surface area contributed by atoms with Gasteiger partial charge in [0.25, 0.3) is 0 Å². The van der Waals surface area contributed by atoms with Crippen molar-refractivity contribution in [2.24, 2.45) is 0 Å². The van der Waals surface area contributed by atoms with Gasteiger partial charge in [-0.1, -0.05) is 0 Å². The molecule has 1 aliphatic heterocycles. The van der Waals surface area contributed by atoms with E-state index in [4.69, 9.17) is 4.74 Å². The molecule has 4 nitrogen and oxygen atoms in total. The molecule has 0 bridgehead atoms. The topological polar surface area (TPSA) is 46.6 Å². The zero-order valence-corrected chi connectivity index (χ0v) is 13.4. The molecule has 92 valence electrons. The monoisotopic (exact) mass is 335 g/mol. The van der Waals surface area contributed by atoms with Gasteiger partial charge >= 0.3 is 102 Å². The normalized spacial score (nSPS) is 22.0. The molecule has 0 aromatic carbocycles. The Labute approximate surface area is 102 Å². The first-order valence-corrected chi connectivity index (χ1v) is 13.3. The summed E-state index contributed by atoms with van der Waals surface area (Å²) in [5, 5.41) is 0. The molecular formula is C11H21NO3Sn. The van der Waals surface area contributed by atoms with Crippen molar-refractivity contribution in [2.45, 2.75) is 46.6 Å². The van der Waals surface area contributed by atoms with Crippen molar-refractivity contribution >= 4 is 30.5 Å². The molecule has 16 heavy (non-hydrogen) atoms. The van der Waals surface area contributed by atoms with E-state index in [2.05, 4.69) is 20.8 Å². The molecule has 1 fully saturated rings. The molecule has 0 aliphatic carbocycles. The molecule has 1 atom stereocenters. The predicted octanol–water partition coefficient (Wildman–Crippen LogP) is 1.77. The average Bonchev–Trinajstić information content (AvgIpc) is 2.59. The molecule has 1 aliphatic rings. The van der Waals surface area contributed by atoms with Crippen LogP contribution < -0.4 is 0 Å². The number of nitrogens with zero attached hydrogens (tertiary/aromatic N) is 1. The van der Waals surface area contributed by atoms with E-state index in [1.54, 1.807) is 3.12 Å². The zero-order chi connectivity index (χ0) is 12.3. The number of carbonyl (C=O) groups is 2. The Kier molecular flexibility index (Phi) is 4.79. The van der Waals surface area contributed by atoms with E-state index in [1.165, 1.54) is 7.11 Å². The third-order valence-electron chi connectivity index (χ3n) is 3.84. The number of hydrogen-bond donors (Lipinski definition) is 0. The Morgan fingerprint density at radius 2 is 1.75 bits per heavy atom. The number of ether oxygens (including phenoxy) is 1. The van der Waals surface area contributed by atoms with Crippen LogP contribution in [0.25, 0.3) is 0 Å². The van der Waals surface area contributed by atoms with E-state index in [-0.39, 0.29) is 18.2 Å². The van der Waals surface area contributed by atoms with E-state index in [1.807, 2.05) is 0 Å². The number of rotatable bonds is 5. The number of amides is 2. The molecule has 0 N–H and O–H groups in total. The molecule has 0 radical (unpaired) electrons. The number of hydrogen-bond acceptors (Lipinski definition) is 3. The van der Waals surface area contributed by atoms with Gasteiger partial charge < -0.3 is 0 Å². The van der Waals surface area contributed by atoms with Crippen LogP contribution in [0.5, 0.6) is 0 Å². The molecule has 1 unspecified atom stereocenters. The van der Waals surface area contributed by atoms with Crippen LogP contribution in [-0.2, 0) is 14.3 Å². The molecule has 2 amide bonds. The Morgan fingerprint density at radius 3 is 2.06 bits per heavy atom. The summed E-state index contributed by atoms with van der Waals surface area (Å²) in [6.45, 7) is 6.34. The van der Waals surface area contributed by atoms with Gasteiger partial charge in [-0.05, 0) is 0 Å². The maximum absolute atomic E-state index is 12.1. The summed E-state index contributed by atoms with van der Waals surface area (Å²) < 4.78 is 9.76. The van der Waals surface area contributed by atoms with Gasteiger partial charge in [-0.3, -0.25) is 0 Å². The van der Waals surface area contributed by atoms with Gasteiger partial charge in [-0.25, -0.2) is 0 Å². The van der Waals surface area contributed by atoms with Gasteiger partial charge in [0.1, 0.15) is 0 Å². The molecule has 5 heteroatoms. The second-order valence-electron chi connectivity index (χ2n) is 4.28. The van der Waals surface area contributed by atoms with Crippen LogP contribution in [0.1, 0.15) is 27.2 Å². The minimum absolute atomic E-state index is 0.00167. The van der Waals surface area contributed by atoms with Crippen LogP contribution in [0.3, 0.4) is 0 Å². The first-order chi connectivity index (χ1) is 7.56. The summed E-state index contributed by atoms with van der Waals surface area (Å²) in [5.74, 6) is -0.0768.